The summed E-state index contributed by atoms with van der Waals surface area (Å²) in [6, 6.07) is 0. The Morgan fingerprint density at radius 2 is 2.16 bits per heavy atom. The van der Waals surface area contributed by atoms with Gasteiger partial charge >= 0.3 is 0 Å². The molecule has 1 saturated heterocycles. The van der Waals surface area contributed by atoms with E-state index < -0.39 is 0 Å². The Kier molecular flexibility index (Phi) is 4.03. The van der Waals surface area contributed by atoms with Gasteiger partial charge in [0.05, 0.1) is 7.11 Å². The zero-order valence-corrected chi connectivity index (χ0v) is 11.2. The van der Waals surface area contributed by atoms with Crippen LogP contribution in [0.4, 0.5) is 11.5 Å². The number of methoxy groups -OCH3 is 1. The van der Waals surface area contributed by atoms with Crippen LogP contribution in [0, 0.1) is 5.92 Å². The smallest absolute Gasteiger partial charge is 0.242 e. The molecule has 0 radical (unpaired) electrons. The molecule has 0 saturated carbocycles. The number of anilines is 2. The summed E-state index contributed by atoms with van der Waals surface area (Å²) >= 11 is 0. The van der Waals surface area contributed by atoms with Crippen molar-refractivity contribution in [2.75, 3.05) is 37.9 Å². The highest BCUT2D eigenvalue weighted by molar-refractivity contribution is 5.78. The molecule has 1 amide bonds. The van der Waals surface area contributed by atoms with E-state index in [4.69, 9.17) is 10.5 Å². The van der Waals surface area contributed by atoms with Crippen molar-refractivity contribution in [1.29, 1.82) is 0 Å². The van der Waals surface area contributed by atoms with E-state index in [-0.39, 0.29) is 11.8 Å². The molecule has 0 aromatic carbocycles. The van der Waals surface area contributed by atoms with Crippen LogP contribution >= 0.6 is 0 Å². The number of carbonyl (C=O) groups is 1. The largest absolute Gasteiger partial charge is 0.479 e. The number of nitrogens with zero attached hydrogens (tertiary/aromatic N) is 3. The molecule has 2 heterocycles. The fourth-order valence-corrected chi connectivity index (χ4v) is 2.34. The van der Waals surface area contributed by atoms with Crippen molar-refractivity contribution >= 4 is 17.4 Å². The van der Waals surface area contributed by atoms with Crippen molar-refractivity contribution < 1.29 is 9.53 Å². The molecule has 0 aliphatic carbocycles. The quantitative estimate of drug-likeness (QED) is 0.801. The maximum absolute atomic E-state index is 11.6. The first-order chi connectivity index (χ1) is 9.17. The maximum atomic E-state index is 11.6. The molecule has 7 heteroatoms. The van der Waals surface area contributed by atoms with Gasteiger partial charge in [-0.05, 0) is 12.8 Å². The van der Waals surface area contributed by atoms with Gasteiger partial charge in [-0.1, -0.05) is 0 Å². The molecular formula is C12H19N5O2. The van der Waals surface area contributed by atoms with Crippen LogP contribution in [0.1, 0.15) is 12.8 Å². The molecule has 1 fully saturated rings. The number of nitrogen functional groups attached to an aromatic ring is 1. The third kappa shape index (κ3) is 2.69. The van der Waals surface area contributed by atoms with E-state index >= 15 is 0 Å². The highest BCUT2D eigenvalue weighted by Crippen LogP contribution is 2.30. The summed E-state index contributed by atoms with van der Waals surface area (Å²) in [5.41, 5.74) is 6.42. The number of ether oxygens (including phenoxy) is 1. The number of nitrogens with two attached hydrogens (primary N) is 1. The molecular weight excluding hydrogens is 246 g/mol. The fourth-order valence-electron chi connectivity index (χ4n) is 2.34. The summed E-state index contributed by atoms with van der Waals surface area (Å²) in [6.45, 7) is 1.50. The standard InChI is InChI=1S/C12H19N5O2/c1-14-11(18)8-3-5-17(6-4-8)10-9(13)12(19-2)16-7-15-10/h7-8H,3-6,13H2,1-2H3,(H,14,18). The number of carbonyl (C=O) groups excluding carboxylic acids is 1. The first kappa shape index (κ1) is 13.4. The summed E-state index contributed by atoms with van der Waals surface area (Å²) in [6.07, 6.45) is 3.03. The molecule has 19 heavy (non-hydrogen) atoms. The van der Waals surface area contributed by atoms with Gasteiger partial charge in [-0.2, -0.15) is 4.98 Å². The predicted octanol–water partition coefficient (Wildman–Crippen LogP) is 0.0298. The minimum Gasteiger partial charge on any atom is -0.479 e. The second kappa shape index (κ2) is 5.73. The first-order valence-electron chi connectivity index (χ1n) is 6.28. The summed E-state index contributed by atoms with van der Waals surface area (Å²) in [7, 11) is 3.20. The lowest BCUT2D eigenvalue weighted by Crippen LogP contribution is -2.40. The highest BCUT2D eigenvalue weighted by atomic mass is 16.5. The maximum Gasteiger partial charge on any atom is 0.242 e. The molecule has 0 bridgehead atoms. The third-order valence-electron chi connectivity index (χ3n) is 3.43. The van der Waals surface area contributed by atoms with Crippen LogP contribution in [0.2, 0.25) is 0 Å². The SMILES string of the molecule is CNC(=O)C1CCN(c2ncnc(OC)c2N)CC1. The minimum atomic E-state index is 0.0752. The van der Waals surface area contributed by atoms with Crippen LogP contribution in [0.25, 0.3) is 0 Å². The molecule has 1 aliphatic heterocycles. The Morgan fingerprint density at radius 3 is 2.74 bits per heavy atom. The molecule has 104 valence electrons. The summed E-state index contributed by atoms with van der Waals surface area (Å²) in [5.74, 6) is 1.25. The average molecular weight is 265 g/mol. The van der Waals surface area contributed by atoms with Gasteiger partial charge in [0, 0.05) is 26.1 Å². The molecule has 0 spiro atoms. The minimum absolute atomic E-state index is 0.0752. The van der Waals surface area contributed by atoms with E-state index in [1.54, 1.807) is 7.05 Å². The number of aromatic nitrogens is 2. The van der Waals surface area contributed by atoms with Gasteiger partial charge in [0.2, 0.25) is 11.8 Å². The van der Waals surface area contributed by atoms with Gasteiger partial charge in [-0.25, -0.2) is 4.98 Å². The Morgan fingerprint density at radius 1 is 1.47 bits per heavy atom. The fraction of sp³-hybridized carbons (Fsp3) is 0.583. The molecule has 3 N–H and O–H groups in total. The lowest BCUT2D eigenvalue weighted by Gasteiger charge is -2.32. The second-order valence-electron chi connectivity index (χ2n) is 4.50. The van der Waals surface area contributed by atoms with Crippen LogP contribution < -0.4 is 20.7 Å². The van der Waals surface area contributed by atoms with Gasteiger partial charge in [0.1, 0.15) is 12.0 Å². The van der Waals surface area contributed by atoms with Crippen LogP contribution in [0.5, 0.6) is 5.88 Å². The number of rotatable bonds is 3. The normalized spacial score (nSPS) is 16.2. The summed E-state index contributed by atoms with van der Waals surface area (Å²) in [4.78, 5) is 21.8. The molecule has 1 aromatic rings. The molecule has 0 atom stereocenters. The molecule has 1 aliphatic rings. The van der Waals surface area contributed by atoms with Crippen molar-refractivity contribution in [2.45, 2.75) is 12.8 Å². The number of hydrogen-bond donors (Lipinski definition) is 2. The first-order valence-corrected chi connectivity index (χ1v) is 6.28. The van der Waals surface area contributed by atoms with Gasteiger partial charge in [0.15, 0.2) is 5.82 Å². The number of nitrogens with one attached hydrogen (secondary N) is 1. The topological polar surface area (TPSA) is 93.4 Å². The van der Waals surface area contributed by atoms with E-state index in [1.807, 2.05) is 0 Å². The van der Waals surface area contributed by atoms with Gasteiger partial charge in [-0.3, -0.25) is 4.79 Å². The third-order valence-corrected chi connectivity index (χ3v) is 3.43. The van der Waals surface area contributed by atoms with Crippen LogP contribution in [-0.2, 0) is 4.79 Å². The zero-order chi connectivity index (χ0) is 13.8. The van der Waals surface area contributed by atoms with Gasteiger partial charge in [0.25, 0.3) is 0 Å². The number of piperidine rings is 1. The summed E-state index contributed by atoms with van der Waals surface area (Å²) in [5, 5.41) is 2.69. The molecule has 1 aromatic heterocycles. The molecule has 0 unspecified atom stereocenters. The Labute approximate surface area is 112 Å². The van der Waals surface area contributed by atoms with Gasteiger partial charge < -0.3 is 20.7 Å². The van der Waals surface area contributed by atoms with Crippen LogP contribution in [-0.4, -0.2) is 43.1 Å². The van der Waals surface area contributed by atoms with E-state index in [0.29, 0.717) is 17.4 Å². The molecule has 2 rings (SSSR count). The predicted molar refractivity (Wildman–Crippen MR) is 72.0 cm³/mol. The van der Waals surface area contributed by atoms with Crippen molar-refractivity contribution in [3.05, 3.63) is 6.33 Å². The van der Waals surface area contributed by atoms with E-state index in [9.17, 15) is 4.79 Å². The van der Waals surface area contributed by atoms with Crippen LogP contribution in [0.15, 0.2) is 6.33 Å². The van der Waals surface area contributed by atoms with Gasteiger partial charge in [-0.15, -0.1) is 0 Å². The van der Waals surface area contributed by atoms with Crippen molar-refractivity contribution in [1.82, 2.24) is 15.3 Å². The monoisotopic (exact) mass is 265 g/mol. The van der Waals surface area contributed by atoms with E-state index in [0.717, 1.165) is 25.9 Å². The number of hydrogen-bond acceptors (Lipinski definition) is 6. The lowest BCUT2D eigenvalue weighted by molar-refractivity contribution is -0.125. The molecule has 7 nitrogen and oxygen atoms in total. The van der Waals surface area contributed by atoms with Crippen molar-refractivity contribution in [3.8, 4) is 5.88 Å². The average Bonchev–Trinajstić information content (AvgIpc) is 2.47. The second-order valence-corrected chi connectivity index (χ2v) is 4.50. The lowest BCUT2D eigenvalue weighted by atomic mass is 9.96. The Balaban J connectivity index is 2.08. The highest BCUT2D eigenvalue weighted by Gasteiger charge is 2.26. The van der Waals surface area contributed by atoms with Crippen LogP contribution in [0.3, 0.4) is 0 Å². The Bertz CT molecular complexity index is 457. The zero-order valence-electron chi connectivity index (χ0n) is 11.2. The Hall–Kier alpha value is -2.05. The van der Waals surface area contributed by atoms with E-state index in [1.165, 1.54) is 13.4 Å². The van der Waals surface area contributed by atoms with E-state index in [2.05, 4.69) is 20.2 Å². The number of amides is 1. The van der Waals surface area contributed by atoms with Crippen molar-refractivity contribution in [3.63, 3.8) is 0 Å². The van der Waals surface area contributed by atoms with Crippen molar-refractivity contribution in [2.24, 2.45) is 5.92 Å². The summed E-state index contributed by atoms with van der Waals surface area (Å²) < 4.78 is 5.09.